The van der Waals surface area contributed by atoms with Gasteiger partial charge in [-0.3, -0.25) is 4.79 Å². The van der Waals surface area contributed by atoms with E-state index in [2.05, 4.69) is 15.9 Å². The molecule has 72 valence electrons. The van der Waals surface area contributed by atoms with Crippen LogP contribution in [0.4, 0.5) is 0 Å². The van der Waals surface area contributed by atoms with Crippen LogP contribution in [0.25, 0.3) is 0 Å². The van der Waals surface area contributed by atoms with E-state index < -0.39 is 11.7 Å². The van der Waals surface area contributed by atoms with Crippen LogP contribution in [0.1, 0.15) is 27.2 Å². The van der Waals surface area contributed by atoms with Gasteiger partial charge in [0.25, 0.3) is 0 Å². The van der Waals surface area contributed by atoms with E-state index in [0.717, 1.165) is 0 Å². The van der Waals surface area contributed by atoms with E-state index >= 15 is 0 Å². The third kappa shape index (κ3) is 6.61. The van der Waals surface area contributed by atoms with Gasteiger partial charge in [0.2, 0.25) is 0 Å². The molecule has 0 aliphatic rings. The van der Waals surface area contributed by atoms with Crippen molar-refractivity contribution >= 4 is 21.9 Å². The molecule has 0 aromatic heterocycles. The van der Waals surface area contributed by atoms with Crippen molar-refractivity contribution in [3.63, 3.8) is 0 Å². The van der Waals surface area contributed by atoms with Gasteiger partial charge in [0.15, 0.2) is 0 Å². The molecule has 0 aliphatic heterocycles. The van der Waals surface area contributed by atoms with E-state index in [-0.39, 0.29) is 12.4 Å². The molecule has 0 rings (SSSR count). The van der Waals surface area contributed by atoms with Gasteiger partial charge in [-0.1, -0.05) is 15.9 Å². The number of hydrogen-bond donors (Lipinski definition) is 1. The van der Waals surface area contributed by atoms with E-state index in [4.69, 9.17) is 9.84 Å². The van der Waals surface area contributed by atoms with Crippen molar-refractivity contribution in [1.82, 2.24) is 0 Å². The molecule has 12 heavy (non-hydrogen) atoms. The first-order chi connectivity index (χ1) is 5.35. The Kier molecular flexibility index (Phi) is 4.78. The highest BCUT2D eigenvalue weighted by molar-refractivity contribution is 9.09. The average Bonchev–Trinajstić information content (AvgIpc) is 1.82. The zero-order chi connectivity index (χ0) is 9.78. The van der Waals surface area contributed by atoms with Crippen molar-refractivity contribution in [3.8, 4) is 0 Å². The van der Waals surface area contributed by atoms with Crippen LogP contribution in [0.2, 0.25) is 0 Å². The summed E-state index contributed by atoms with van der Waals surface area (Å²) >= 11 is 3.07. The number of rotatable bonds is 3. The van der Waals surface area contributed by atoms with Crippen LogP contribution in [0.3, 0.4) is 0 Å². The zero-order valence-corrected chi connectivity index (χ0v) is 9.22. The molecule has 1 N–H and O–H groups in total. The first-order valence-electron chi connectivity index (χ1n) is 3.81. The number of carbonyl (C=O) groups excluding carboxylic acids is 1. The van der Waals surface area contributed by atoms with E-state index in [0.29, 0.717) is 5.33 Å². The molecule has 0 heterocycles. The van der Waals surface area contributed by atoms with Gasteiger partial charge in [0, 0.05) is 5.33 Å². The molecule has 1 atom stereocenters. The molecule has 4 heteroatoms. The number of hydrogen-bond acceptors (Lipinski definition) is 3. The molecule has 0 aliphatic carbocycles. The number of esters is 1. The first kappa shape index (κ1) is 11.9. The predicted octanol–water partition coefficient (Wildman–Crippen LogP) is 1.47. The van der Waals surface area contributed by atoms with E-state index in [1.807, 2.05) is 0 Å². The smallest absolute Gasteiger partial charge is 0.308 e. The fourth-order valence-electron chi connectivity index (χ4n) is 0.630. The monoisotopic (exact) mass is 238 g/mol. The summed E-state index contributed by atoms with van der Waals surface area (Å²) in [6, 6.07) is 0. The summed E-state index contributed by atoms with van der Waals surface area (Å²) < 4.78 is 4.99. The molecule has 0 spiro atoms. The van der Waals surface area contributed by atoms with Crippen molar-refractivity contribution in [3.05, 3.63) is 0 Å². The van der Waals surface area contributed by atoms with Crippen LogP contribution in [-0.2, 0) is 9.53 Å². The lowest BCUT2D eigenvalue weighted by molar-refractivity contribution is -0.156. The van der Waals surface area contributed by atoms with Crippen LogP contribution >= 0.6 is 15.9 Å². The summed E-state index contributed by atoms with van der Waals surface area (Å²) in [6.45, 7) is 5.39. The van der Waals surface area contributed by atoms with Gasteiger partial charge >= 0.3 is 5.97 Å². The van der Waals surface area contributed by atoms with Crippen molar-refractivity contribution in [1.29, 1.82) is 0 Å². The standard InChI is InChI=1S/C8H15BrO3/c1-8(2,3)12-7(11)4-6(10)5-9/h6,10H,4-5H2,1-3H3/t6-/m1/s1. The van der Waals surface area contributed by atoms with Gasteiger partial charge in [-0.2, -0.15) is 0 Å². The summed E-state index contributed by atoms with van der Waals surface area (Å²) in [5.41, 5.74) is -0.469. The second kappa shape index (κ2) is 4.82. The lowest BCUT2D eigenvalue weighted by Gasteiger charge is -2.20. The third-order valence-electron chi connectivity index (χ3n) is 1.00. The molecule has 0 saturated carbocycles. The number of halogens is 1. The topological polar surface area (TPSA) is 46.5 Å². The normalized spacial score (nSPS) is 14.1. The second-order valence-electron chi connectivity index (χ2n) is 3.60. The lowest BCUT2D eigenvalue weighted by Crippen LogP contribution is -2.26. The molecule has 0 amide bonds. The maximum Gasteiger partial charge on any atom is 0.308 e. The Bertz CT molecular complexity index is 151. The van der Waals surface area contributed by atoms with Gasteiger partial charge in [-0.15, -0.1) is 0 Å². The summed E-state index contributed by atoms with van der Waals surface area (Å²) in [5.74, 6) is -0.366. The number of ether oxygens (including phenoxy) is 1. The summed E-state index contributed by atoms with van der Waals surface area (Å²) in [5, 5.41) is 9.47. The number of alkyl halides is 1. The van der Waals surface area contributed by atoms with Crippen LogP contribution in [0.5, 0.6) is 0 Å². The van der Waals surface area contributed by atoms with Gasteiger partial charge in [0.05, 0.1) is 12.5 Å². The Labute approximate surface area is 81.2 Å². The maximum atomic E-state index is 11.0. The second-order valence-corrected chi connectivity index (χ2v) is 4.25. The quantitative estimate of drug-likeness (QED) is 0.599. The van der Waals surface area contributed by atoms with Gasteiger partial charge < -0.3 is 9.84 Å². The molecule has 0 aromatic carbocycles. The molecule has 0 fully saturated rings. The molecule has 0 unspecified atom stereocenters. The molecule has 0 radical (unpaired) electrons. The Balaban J connectivity index is 3.75. The van der Waals surface area contributed by atoms with Crippen LogP contribution in [0.15, 0.2) is 0 Å². The SMILES string of the molecule is CC(C)(C)OC(=O)C[C@@H](O)CBr. The van der Waals surface area contributed by atoms with Gasteiger partial charge in [-0.25, -0.2) is 0 Å². The molecule has 0 aromatic rings. The summed E-state index contributed by atoms with van der Waals surface area (Å²) in [7, 11) is 0. The fraction of sp³-hybridized carbons (Fsp3) is 0.875. The molecule has 0 bridgehead atoms. The molecular weight excluding hydrogens is 224 g/mol. The number of carbonyl (C=O) groups is 1. The minimum atomic E-state index is -0.653. The van der Waals surface area contributed by atoms with Crippen molar-refractivity contribution in [2.24, 2.45) is 0 Å². The highest BCUT2D eigenvalue weighted by Gasteiger charge is 2.18. The average molecular weight is 239 g/mol. The van der Waals surface area contributed by atoms with Crippen molar-refractivity contribution in [2.45, 2.75) is 38.9 Å². The van der Waals surface area contributed by atoms with Crippen molar-refractivity contribution in [2.75, 3.05) is 5.33 Å². The Morgan fingerprint density at radius 2 is 2.08 bits per heavy atom. The lowest BCUT2D eigenvalue weighted by atomic mass is 10.2. The number of aliphatic hydroxyl groups is 1. The predicted molar refractivity (Wildman–Crippen MR) is 50.3 cm³/mol. The Morgan fingerprint density at radius 1 is 1.58 bits per heavy atom. The van der Waals surface area contributed by atoms with Gasteiger partial charge in [-0.05, 0) is 20.8 Å². The zero-order valence-electron chi connectivity index (χ0n) is 7.63. The molecule has 0 saturated heterocycles. The summed E-state index contributed by atoms with van der Waals surface area (Å²) in [4.78, 5) is 11.0. The minimum Gasteiger partial charge on any atom is -0.460 e. The highest BCUT2D eigenvalue weighted by atomic mass is 79.9. The largest absolute Gasteiger partial charge is 0.460 e. The van der Waals surface area contributed by atoms with Gasteiger partial charge in [0.1, 0.15) is 5.60 Å². The Hall–Kier alpha value is -0.0900. The maximum absolute atomic E-state index is 11.0. The minimum absolute atomic E-state index is 0.0442. The van der Waals surface area contributed by atoms with E-state index in [9.17, 15) is 4.79 Å². The van der Waals surface area contributed by atoms with Crippen LogP contribution < -0.4 is 0 Å². The summed E-state index contributed by atoms with van der Waals surface area (Å²) in [6.07, 6.45) is -0.609. The van der Waals surface area contributed by atoms with E-state index in [1.165, 1.54) is 0 Å². The Morgan fingerprint density at radius 3 is 2.42 bits per heavy atom. The van der Waals surface area contributed by atoms with Crippen LogP contribution in [0, 0.1) is 0 Å². The third-order valence-corrected chi connectivity index (χ3v) is 1.75. The molecular formula is C8H15BrO3. The number of aliphatic hydroxyl groups excluding tert-OH is 1. The van der Waals surface area contributed by atoms with E-state index in [1.54, 1.807) is 20.8 Å². The van der Waals surface area contributed by atoms with Crippen LogP contribution in [-0.4, -0.2) is 28.1 Å². The van der Waals surface area contributed by atoms with Crippen molar-refractivity contribution < 1.29 is 14.6 Å². The first-order valence-corrected chi connectivity index (χ1v) is 4.93. The fourth-order valence-corrected chi connectivity index (χ4v) is 0.859. The molecule has 3 nitrogen and oxygen atoms in total. The highest BCUT2D eigenvalue weighted by Crippen LogP contribution is 2.09.